The van der Waals surface area contributed by atoms with Crippen molar-refractivity contribution in [1.29, 1.82) is 0 Å². The summed E-state index contributed by atoms with van der Waals surface area (Å²) in [5, 5.41) is 12.1. The summed E-state index contributed by atoms with van der Waals surface area (Å²) in [6.45, 7) is 4.58. The van der Waals surface area contributed by atoms with E-state index in [4.69, 9.17) is 5.11 Å². The number of carboxylic acid groups (broad SMARTS) is 1. The Balaban J connectivity index is 2.26. The first kappa shape index (κ1) is 13.7. The molecule has 0 bridgehead atoms. The molecule has 3 heteroatoms. The lowest BCUT2D eigenvalue weighted by molar-refractivity contribution is -0.140. The third kappa shape index (κ3) is 5.00. The van der Waals surface area contributed by atoms with E-state index in [2.05, 4.69) is 17.4 Å². The number of hydrogen-bond donors (Lipinski definition) is 2. The molecule has 1 aromatic rings. The molecule has 0 heterocycles. The smallest absolute Gasteiger partial charge is 0.320 e. The Labute approximate surface area is 103 Å². The van der Waals surface area contributed by atoms with Crippen molar-refractivity contribution in [1.82, 2.24) is 5.32 Å². The van der Waals surface area contributed by atoms with E-state index in [-0.39, 0.29) is 5.92 Å². The average molecular weight is 235 g/mol. The van der Waals surface area contributed by atoms with Crippen LogP contribution >= 0.6 is 0 Å². The standard InChI is InChI=1S/C14H21NO2/c1-11(2)13(14(16)17)15-10-6-9-12-7-4-3-5-8-12/h3-5,7-8,11,13,15H,6,9-10H2,1-2H3,(H,16,17)/t13-/m0/s1. The molecule has 2 N–H and O–H groups in total. The first-order chi connectivity index (χ1) is 8.11. The molecule has 0 saturated heterocycles. The Morgan fingerprint density at radius 2 is 1.94 bits per heavy atom. The van der Waals surface area contributed by atoms with Gasteiger partial charge in [-0.2, -0.15) is 0 Å². The van der Waals surface area contributed by atoms with Gasteiger partial charge in [-0.25, -0.2) is 0 Å². The zero-order chi connectivity index (χ0) is 12.7. The van der Waals surface area contributed by atoms with E-state index in [1.165, 1.54) is 5.56 Å². The molecule has 0 aliphatic carbocycles. The van der Waals surface area contributed by atoms with Gasteiger partial charge in [0.15, 0.2) is 0 Å². The van der Waals surface area contributed by atoms with Gasteiger partial charge in [0.25, 0.3) is 0 Å². The van der Waals surface area contributed by atoms with Crippen molar-refractivity contribution in [2.24, 2.45) is 5.92 Å². The first-order valence-electron chi connectivity index (χ1n) is 6.11. The lowest BCUT2D eigenvalue weighted by atomic mass is 10.0. The Morgan fingerprint density at radius 1 is 1.29 bits per heavy atom. The minimum Gasteiger partial charge on any atom is -0.480 e. The van der Waals surface area contributed by atoms with Gasteiger partial charge in [0.05, 0.1) is 0 Å². The second kappa shape index (κ2) is 7.07. The third-order valence-electron chi connectivity index (χ3n) is 2.78. The van der Waals surface area contributed by atoms with Crippen LogP contribution in [0.5, 0.6) is 0 Å². The molecule has 3 nitrogen and oxygen atoms in total. The number of hydrogen-bond acceptors (Lipinski definition) is 2. The second-order valence-corrected chi connectivity index (χ2v) is 4.60. The number of aliphatic carboxylic acids is 1. The van der Waals surface area contributed by atoms with Crippen LogP contribution in [0.2, 0.25) is 0 Å². The van der Waals surface area contributed by atoms with E-state index in [1.807, 2.05) is 32.0 Å². The van der Waals surface area contributed by atoms with Gasteiger partial charge < -0.3 is 10.4 Å². The van der Waals surface area contributed by atoms with E-state index in [1.54, 1.807) is 0 Å². The number of carboxylic acids is 1. The minimum absolute atomic E-state index is 0.115. The summed E-state index contributed by atoms with van der Waals surface area (Å²) in [4.78, 5) is 10.9. The van der Waals surface area contributed by atoms with Crippen LogP contribution in [0, 0.1) is 5.92 Å². The van der Waals surface area contributed by atoms with E-state index in [9.17, 15) is 4.79 Å². The van der Waals surface area contributed by atoms with Crippen LogP contribution < -0.4 is 5.32 Å². The summed E-state index contributed by atoms with van der Waals surface area (Å²) >= 11 is 0. The Morgan fingerprint density at radius 3 is 2.47 bits per heavy atom. The molecule has 1 aromatic carbocycles. The topological polar surface area (TPSA) is 49.3 Å². The van der Waals surface area contributed by atoms with Gasteiger partial charge in [-0.15, -0.1) is 0 Å². The highest BCUT2D eigenvalue weighted by Gasteiger charge is 2.19. The average Bonchev–Trinajstić information content (AvgIpc) is 2.29. The molecule has 0 radical (unpaired) electrons. The summed E-state index contributed by atoms with van der Waals surface area (Å²) in [7, 11) is 0. The van der Waals surface area contributed by atoms with Crippen molar-refractivity contribution < 1.29 is 9.90 Å². The number of carbonyl (C=O) groups is 1. The van der Waals surface area contributed by atoms with E-state index >= 15 is 0 Å². The van der Waals surface area contributed by atoms with E-state index in [0.717, 1.165) is 19.4 Å². The minimum atomic E-state index is -0.764. The Bertz CT molecular complexity index is 335. The number of rotatable bonds is 7. The van der Waals surface area contributed by atoms with Crippen LogP contribution in [-0.2, 0) is 11.2 Å². The maximum atomic E-state index is 10.9. The SMILES string of the molecule is CC(C)[C@H](NCCCc1ccccc1)C(=O)O. The summed E-state index contributed by atoms with van der Waals surface area (Å²) in [6, 6.07) is 9.80. The predicted molar refractivity (Wildman–Crippen MR) is 69.0 cm³/mol. The zero-order valence-corrected chi connectivity index (χ0v) is 10.5. The fraction of sp³-hybridized carbons (Fsp3) is 0.500. The highest BCUT2D eigenvalue weighted by atomic mass is 16.4. The summed E-state index contributed by atoms with van der Waals surface area (Å²) in [5.74, 6) is -0.649. The quantitative estimate of drug-likeness (QED) is 0.713. The molecule has 0 saturated carbocycles. The van der Waals surface area contributed by atoms with Crippen molar-refractivity contribution >= 4 is 5.97 Å². The number of benzene rings is 1. The molecule has 0 aromatic heterocycles. The van der Waals surface area contributed by atoms with E-state index in [0.29, 0.717) is 0 Å². The largest absolute Gasteiger partial charge is 0.480 e. The molecule has 0 amide bonds. The highest BCUT2D eigenvalue weighted by Crippen LogP contribution is 2.04. The van der Waals surface area contributed by atoms with Gasteiger partial charge in [-0.3, -0.25) is 4.79 Å². The Hall–Kier alpha value is -1.35. The molecule has 0 unspecified atom stereocenters. The molecule has 0 fully saturated rings. The normalized spacial score (nSPS) is 12.6. The van der Waals surface area contributed by atoms with Crippen LogP contribution in [0.25, 0.3) is 0 Å². The fourth-order valence-corrected chi connectivity index (χ4v) is 1.80. The first-order valence-corrected chi connectivity index (χ1v) is 6.11. The molecule has 1 rings (SSSR count). The fourth-order valence-electron chi connectivity index (χ4n) is 1.80. The van der Waals surface area contributed by atoms with Gasteiger partial charge in [0.2, 0.25) is 0 Å². The van der Waals surface area contributed by atoms with Crippen molar-refractivity contribution in [3.05, 3.63) is 35.9 Å². The van der Waals surface area contributed by atoms with Gasteiger partial charge in [0, 0.05) is 0 Å². The maximum Gasteiger partial charge on any atom is 0.320 e. The van der Waals surface area contributed by atoms with E-state index < -0.39 is 12.0 Å². The van der Waals surface area contributed by atoms with Gasteiger partial charge >= 0.3 is 5.97 Å². The van der Waals surface area contributed by atoms with Gasteiger partial charge in [-0.1, -0.05) is 44.2 Å². The van der Waals surface area contributed by atoms with Gasteiger partial charge in [-0.05, 0) is 30.9 Å². The molecular formula is C14H21NO2. The van der Waals surface area contributed by atoms with Crippen LogP contribution in [0.3, 0.4) is 0 Å². The van der Waals surface area contributed by atoms with Crippen LogP contribution in [0.4, 0.5) is 0 Å². The summed E-state index contributed by atoms with van der Waals surface area (Å²) in [6.07, 6.45) is 1.94. The number of nitrogens with one attached hydrogen (secondary N) is 1. The van der Waals surface area contributed by atoms with Crippen molar-refractivity contribution in [3.8, 4) is 0 Å². The molecular weight excluding hydrogens is 214 g/mol. The molecule has 0 spiro atoms. The van der Waals surface area contributed by atoms with Gasteiger partial charge in [0.1, 0.15) is 6.04 Å². The molecule has 1 atom stereocenters. The molecule has 94 valence electrons. The molecule has 0 aliphatic heterocycles. The number of aryl methyl sites for hydroxylation is 1. The third-order valence-corrected chi connectivity index (χ3v) is 2.78. The monoisotopic (exact) mass is 235 g/mol. The van der Waals surface area contributed by atoms with Crippen LogP contribution in [-0.4, -0.2) is 23.7 Å². The van der Waals surface area contributed by atoms with Crippen molar-refractivity contribution in [3.63, 3.8) is 0 Å². The second-order valence-electron chi connectivity index (χ2n) is 4.60. The molecule has 0 aliphatic rings. The summed E-state index contributed by atoms with van der Waals surface area (Å²) < 4.78 is 0. The predicted octanol–water partition coefficient (Wildman–Crippen LogP) is 2.32. The zero-order valence-electron chi connectivity index (χ0n) is 10.5. The summed E-state index contributed by atoms with van der Waals surface area (Å²) in [5.41, 5.74) is 1.30. The lowest BCUT2D eigenvalue weighted by Crippen LogP contribution is -2.41. The maximum absolute atomic E-state index is 10.9. The van der Waals surface area contributed by atoms with Crippen molar-refractivity contribution in [2.75, 3.05) is 6.54 Å². The lowest BCUT2D eigenvalue weighted by Gasteiger charge is -2.17. The Kier molecular flexibility index (Phi) is 5.70. The molecule has 17 heavy (non-hydrogen) atoms. The van der Waals surface area contributed by atoms with Crippen LogP contribution in [0.1, 0.15) is 25.8 Å². The highest BCUT2D eigenvalue weighted by molar-refractivity contribution is 5.73. The van der Waals surface area contributed by atoms with Crippen LogP contribution in [0.15, 0.2) is 30.3 Å². The van der Waals surface area contributed by atoms with Crippen molar-refractivity contribution in [2.45, 2.75) is 32.7 Å².